The van der Waals surface area contributed by atoms with E-state index in [2.05, 4.69) is 47.4 Å². The summed E-state index contributed by atoms with van der Waals surface area (Å²) in [7, 11) is 3.43. The first-order valence-corrected chi connectivity index (χ1v) is 12.0. The van der Waals surface area contributed by atoms with E-state index in [1.54, 1.807) is 14.2 Å². The Balaban J connectivity index is 0.000000166. The summed E-state index contributed by atoms with van der Waals surface area (Å²) in [4.78, 5) is 15.0. The number of fused-ring (bicyclic) bond motifs is 2. The van der Waals surface area contributed by atoms with Gasteiger partial charge in [-0.1, -0.05) is 54.6 Å². The zero-order chi connectivity index (χ0) is 23.8. The molecule has 2 aliphatic rings. The number of hydrogen-bond donors (Lipinski definition) is 0. The van der Waals surface area contributed by atoms with Crippen LogP contribution in [0.15, 0.2) is 66.7 Å². The Bertz CT molecular complexity index is 1100. The van der Waals surface area contributed by atoms with Gasteiger partial charge in [-0.25, -0.2) is 0 Å². The molecule has 0 N–H and O–H groups in total. The third-order valence-electron chi connectivity index (χ3n) is 6.71. The Labute approximate surface area is 202 Å². The summed E-state index contributed by atoms with van der Waals surface area (Å²) in [5.74, 6) is 1.93. The molecule has 0 radical (unpaired) electrons. The van der Waals surface area contributed by atoms with Crippen LogP contribution in [0.5, 0.6) is 11.5 Å². The van der Waals surface area contributed by atoms with Gasteiger partial charge in [0.25, 0.3) is 0 Å². The van der Waals surface area contributed by atoms with Crippen molar-refractivity contribution in [2.75, 3.05) is 33.9 Å². The van der Waals surface area contributed by atoms with Gasteiger partial charge in [0, 0.05) is 38.3 Å². The van der Waals surface area contributed by atoms with E-state index >= 15 is 0 Å². The summed E-state index contributed by atoms with van der Waals surface area (Å²) >= 11 is 0. The van der Waals surface area contributed by atoms with Crippen LogP contribution >= 0.6 is 0 Å². The highest BCUT2D eigenvalue weighted by Gasteiger charge is 2.17. The van der Waals surface area contributed by atoms with Crippen LogP contribution in [0.25, 0.3) is 0 Å². The Hall–Kier alpha value is -3.31. The van der Waals surface area contributed by atoms with Gasteiger partial charge in [-0.2, -0.15) is 0 Å². The topological polar surface area (TPSA) is 42.0 Å². The molecular weight excluding hydrogens is 424 g/mol. The molecule has 0 saturated carbocycles. The lowest BCUT2D eigenvalue weighted by atomic mass is 9.99. The zero-order valence-electron chi connectivity index (χ0n) is 20.2. The van der Waals surface area contributed by atoms with Gasteiger partial charge in [0.15, 0.2) is 0 Å². The molecule has 2 aliphatic heterocycles. The average Bonchev–Trinajstić information content (AvgIpc) is 3.11. The Kier molecular flexibility index (Phi) is 8.21. The maximum absolute atomic E-state index is 10.7. The van der Waals surface area contributed by atoms with E-state index in [1.807, 2.05) is 29.2 Å². The summed E-state index contributed by atoms with van der Waals surface area (Å²) in [5, 5.41) is 0. The van der Waals surface area contributed by atoms with Crippen molar-refractivity contribution in [1.29, 1.82) is 0 Å². The van der Waals surface area contributed by atoms with Crippen molar-refractivity contribution in [2.24, 2.45) is 0 Å². The first-order valence-electron chi connectivity index (χ1n) is 12.0. The number of ether oxygens (including phenoxy) is 2. The van der Waals surface area contributed by atoms with Gasteiger partial charge in [-0.15, -0.1) is 0 Å². The summed E-state index contributed by atoms with van der Waals surface area (Å²) < 4.78 is 10.8. The Morgan fingerprint density at radius 1 is 0.735 bits per heavy atom. The van der Waals surface area contributed by atoms with Crippen LogP contribution < -0.4 is 9.47 Å². The summed E-state index contributed by atoms with van der Waals surface area (Å²) in [6.07, 6.45) is 3.88. The van der Waals surface area contributed by atoms with Crippen LogP contribution in [-0.2, 0) is 37.1 Å². The fourth-order valence-corrected chi connectivity index (χ4v) is 4.82. The van der Waals surface area contributed by atoms with Gasteiger partial charge in [-0.05, 0) is 53.6 Å². The number of carbonyl (C=O) groups is 1. The predicted molar refractivity (Wildman–Crippen MR) is 135 cm³/mol. The molecule has 5 nitrogen and oxygen atoms in total. The number of nitrogens with zero attached hydrogens (tertiary/aromatic N) is 2. The third-order valence-corrected chi connectivity index (χ3v) is 6.71. The Morgan fingerprint density at radius 2 is 1.38 bits per heavy atom. The number of rotatable bonds is 5. The van der Waals surface area contributed by atoms with Crippen molar-refractivity contribution < 1.29 is 14.3 Å². The number of hydrogen-bond acceptors (Lipinski definition) is 4. The molecule has 0 aromatic heterocycles. The van der Waals surface area contributed by atoms with Crippen molar-refractivity contribution in [1.82, 2.24) is 9.80 Å². The molecule has 5 rings (SSSR count). The van der Waals surface area contributed by atoms with E-state index in [4.69, 9.17) is 9.47 Å². The lowest BCUT2D eigenvalue weighted by Gasteiger charge is -2.29. The second kappa shape index (κ2) is 11.7. The molecule has 0 unspecified atom stereocenters. The smallest absolute Gasteiger partial charge is 0.209 e. The normalized spacial score (nSPS) is 15.2. The average molecular weight is 459 g/mol. The molecule has 2 heterocycles. The second-order valence-corrected chi connectivity index (χ2v) is 8.78. The van der Waals surface area contributed by atoms with Crippen LogP contribution in [0.3, 0.4) is 0 Å². The summed E-state index contributed by atoms with van der Waals surface area (Å²) in [6, 6.07) is 23.1. The lowest BCUT2D eigenvalue weighted by Crippen LogP contribution is -2.30. The van der Waals surface area contributed by atoms with E-state index in [0.717, 1.165) is 69.9 Å². The molecule has 0 bridgehead atoms. The SMILES string of the molecule is COc1cccc2c1CCN(C=O)CC2.COc1ccccc1CN1CCc2ccccc2C1. The predicted octanol–water partition coefficient (Wildman–Crippen LogP) is 4.51. The van der Waals surface area contributed by atoms with Crippen molar-refractivity contribution >= 4 is 6.41 Å². The first kappa shape index (κ1) is 23.8. The van der Waals surface area contributed by atoms with Crippen molar-refractivity contribution in [2.45, 2.75) is 32.4 Å². The number of amides is 1. The molecule has 0 spiro atoms. The van der Waals surface area contributed by atoms with Crippen LogP contribution in [-0.4, -0.2) is 50.1 Å². The van der Waals surface area contributed by atoms with Gasteiger partial charge < -0.3 is 14.4 Å². The quantitative estimate of drug-likeness (QED) is 0.528. The highest BCUT2D eigenvalue weighted by Crippen LogP contribution is 2.26. The highest BCUT2D eigenvalue weighted by atomic mass is 16.5. The molecule has 0 atom stereocenters. The molecule has 3 aromatic carbocycles. The highest BCUT2D eigenvalue weighted by molar-refractivity contribution is 5.49. The largest absolute Gasteiger partial charge is 0.496 e. The van der Waals surface area contributed by atoms with Crippen molar-refractivity contribution in [3.8, 4) is 11.5 Å². The maximum Gasteiger partial charge on any atom is 0.209 e. The van der Waals surface area contributed by atoms with E-state index in [1.165, 1.54) is 27.8 Å². The minimum atomic E-state index is 0.789. The monoisotopic (exact) mass is 458 g/mol. The molecule has 34 heavy (non-hydrogen) atoms. The molecule has 0 saturated heterocycles. The summed E-state index contributed by atoms with van der Waals surface area (Å²) in [6.45, 7) is 4.71. The van der Waals surface area contributed by atoms with E-state index in [0.29, 0.717) is 0 Å². The molecule has 178 valence electrons. The molecule has 1 amide bonds. The fraction of sp³-hybridized carbons (Fsp3) is 0.345. The van der Waals surface area contributed by atoms with E-state index in [-0.39, 0.29) is 0 Å². The van der Waals surface area contributed by atoms with Gasteiger partial charge in [-0.3, -0.25) is 9.69 Å². The van der Waals surface area contributed by atoms with Crippen molar-refractivity contribution in [3.05, 3.63) is 94.5 Å². The molecule has 3 aromatic rings. The minimum absolute atomic E-state index is 0.789. The molecule has 5 heteroatoms. The standard InChI is InChI=1S/C17H19NO.C12H15NO2/c1-19-17-9-5-4-8-16(17)13-18-11-10-14-6-2-3-7-15(14)12-18;1-15-12-4-2-3-10-5-7-13(9-14)8-6-11(10)12/h2-9H,10-13H2,1H3;2-4,9H,5-8H2,1H3. The minimum Gasteiger partial charge on any atom is -0.496 e. The van der Waals surface area contributed by atoms with Crippen LogP contribution in [0.4, 0.5) is 0 Å². The molecule has 0 fully saturated rings. The van der Waals surface area contributed by atoms with E-state index in [9.17, 15) is 4.79 Å². The number of methoxy groups -OCH3 is 2. The van der Waals surface area contributed by atoms with Gasteiger partial charge >= 0.3 is 0 Å². The fourth-order valence-electron chi connectivity index (χ4n) is 4.82. The lowest BCUT2D eigenvalue weighted by molar-refractivity contribution is -0.118. The summed E-state index contributed by atoms with van der Waals surface area (Å²) in [5.41, 5.74) is 6.79. The van der Waals surface area contributed by atoms with E-state index < -0.39 is 0 Å². The second-order valence-electron chi connectivity index (χ2n) is 8.78. The van der Waals surface area contributed by atoms with Crippen molar-refractivity contribution in [3.63, 3.8) is 0 Å². The maximum atomic E-state index is 10.7. The number of benzene rings is 3. The molecular formula is C29H34N2O3. The van der Waals surface area contributed by atoms with Gasteiger partial charge in [0.2, 0.25) is 6.41 Å². The van der Waals surface area contributed by atoms with Gasteiger partial charge in [0.1, 0.15) is 11.5 Å². The first-order chi connectivity index (χ1) is 16.7. The number of carbonyl (C=O) groups excluding carboxylic acids is 1. The van der Waals surface area contributed by atoms with Crippen LogP contribution in [0.1, 0.15) is 27.8 Å². The van der Waals surface area contributed by atoms with Crippen LogP contribution in [0.2, 0.25) is 0 Å². The zero-order valence-corrected chi connectivity index (χ0v) is 20.2. The number of para-hydroxylation sites is 1. The van der Waals surface area contributed by atoms with Gasteiger partial charge in [0.05, 0.1) is 14.2 Å². The van der Waals surface area contributed by atoms with Crippen LogP contribution in [0, 0.1) is 0 Å². The Morgan fingerprint density at radius 3 is 2.18 bits per heavy atom. The third kappa shape index (κ3) is 5.78. The molecule has 0 aliphatic carbocycles.